The van der Waals surface area contributed by atoms with Crippen molar-refractivity contribution in [1.82, 2.24) is 0 Å². The Bertz CT molecular complexity index is 364. The van der Waals surface area contributed by atoms with Gasteiger partial charge in [0.05, 0.1) is 0 Å². The maximum Gasteiger partial charge on any atom is 2.00 e. The molecule has 0 aliphatic carbocycles. The minimum absolute atomic E-state index is 0. The molecule has 0 aliphatic rings. The number of nitrogens with two attached hydrogens (primary N) is 1. The molecule has 0 heterocycles. The molecule has 1 nitrogen and oxygen atoms in total. The summed E-state index contributed by atoms with van der Waals surface area (Å²) in [7, 11) is 0. The summed E-state index contributed by atoms with van der Waals surface area (Å²) in [5.74, 6) is 0. The van der Waals surface area contributed by atoms with Crippen LogP contribution in [0.2, 0.25) is 0 Å². The second-order valence-corrected chi connectivity index (χ2v) is 3.84. The minimum Gasteiger partial charge on any atom is -1.00 e. The molecule has 0 aromatic heterocycles. The van der Waals surface area contributed by atoms with Crippen molar-refractivity contribution in [1.29, 1.82) is 0 Å². The summed E-state index contributed by atoms with van der Waals surface area (Å²) < 4.78 is 0. The van der Waals surface area contributed by atoms with Crippen LogP contribution in [-0.2, 0) is 26.2 Å². The Kier molecular flexibility index (Phi) is 20.7. The van der Waals surface area contributed by atoms with Gasteiger partial charge in [-0.1, -0.05) is 27.7 Å². The van der Waals surface area contributed by atoms with Gasteiger partial charge in [0.1, 0.15) is 0 Å². The third-order valence-electron chi connectivity index (χ3n) is 2.79. The van der Waals surface area contributed by atoms with Gasteiger partial charge in [0.25, 0.3) is 0 Å². The summed E-state index contributed by atoms with van der Waals surface area (Å²) in [6.45, 7) is 8.68. The molecule has 0 unspecified atom stereocenters. The Morgan fingerprint density at radius 3 is 1.53 bits per heavy atom. The molecule has 0 atom stereocenters. The molecule has 0 amide bonds. The van der Waals surface area contributed by atoms with E-state index in [1.54, 1.807) is 0 Å². The molecule has 2 aromatic carbocycles. The number of hydrogen-bond donors (Lipinski definition) is 0. The summed E-state index contributed by atoms with van der Waals surface area (Å²) in [6.07, 6.45) is 0. The van der Waals surface area contributed by atoms with Crippen molar-refractivity contribution in [3.63, 3.8) is 0 Å². The fourth-order valence-electron chi connectivity index (χ4n) is 1.47. The topological polar surface area (TPSA) is 33.5 Å². The van der Waals surface area contributed by atoms with Crippen LogP contribution in [0.5, 0.6) is 0 Å². The number of rotatable bonds is 0. The van der Waals surface area contributed by atoms with Gasteiger partial charge in [-0.05, 0) is 0 Å². The predicted octanol–water partition coefficient (Wildman–Crippen LogP) is -1.15. The molecule has 4 heteroatoms. The van der Waals surface area contributed by atoms with Crippen LogP contribution in [0.1, 0.15) is 22.3 Å². The average molecular weight is 376 g/mol. The second kappa shape index (κ2) is 14.4. The fourth-order valence-corrected chi connectivity index (χ4v) is 1.47. The van der Waals surface area contributed by atoms with Gasteiger partial charge < -0.3 is 31.0 Å². The van der Waals surface area contributed by atoms with Crippen LogP contribution in [0, 0.1) is 33.8 Å². The minimum atomic E-state index is 0. The molecule has 106 valence electrons. The van der Waals surface area contributed by atoms with E-state index in [9.17, 15) is 0 Å². The summed E-state index contributed by atoms with van der Waals surface area (Å²) >= 11 is 0. The third-order valence-corrected chi connectivity index (χ3v) is 2.79. The van der Waals surface area contributed by atoms with Gasteiger partial charge in [0.2, 0.25) is 0 Å². The SMILES string of the molecule is Cc1c[c-](C)c(C)c1C.[Cl-].[Cl-].[NH2-].[Zr+2].[c-]1ccccc1. The van der Waals surface area contributed by atoms with E-state index in [0.717, 1.165) is 0 Å². The Morgan fingerprint density at radius 2 is 1.42 bits per heavy atom. The number of benzene rings is 1. The van der Waals surface area contributed by atoms with E-state index < -0.39 is 0 Å². The summed E-state index contributed by atoms with van der Waals surface area (Å²) in [5, 5.41) is 0. The van der Waals surface area contributed by atoms with Crippen LogP contribution in [0.25, 0.3) is 6.15 Å². The maximum atomic E-state index is 2.89. The first-order chi connectivity index (χ1) is 7.13. The van der Waals surface area contributed by atoms with Crippen molar-refractivity contribution in [2.45, 2.75) is 27.7 Å². The Hall–Kier alpha value is -0.00688. The third kappa shape index (κ3) is 9.51. The smallest absolute Gasteiger partial charge is 1.00 e. The van der Waals surface area contributed by atoms with Crippen molar-refractivity contribution in [2.24, 2.45) is 0 Å². The number of halogens is 2. The Labute approximate surface area is 149 Å². The second-order valence-electron chi connectivity index (χ2n) is 3.84. The van der Waals surface area contributed by atoms with Crippen molar-refractivity contribution in [3.8, 4) is 0 Å². The van der Waals surface area contributed by atoms with Gasteiger partial charge in [0, 0.05) is 0 Å². The van der Waals surface area contributed by atoms with E-state index in [1.165, 1.54) is 22.3 Å². The molecule has 0 saturated carbocycles. The predicted molar refractivity (Wildman–Crippen MR) is 71.5 cm³/mol. The summed E-state index contributed by atoms with van der Waals surface area (Å²) in [6, 6.07) is 14.7. The Balaban J connectivity index is -0.000000102. The van der Waals surface area contributed by atoms with Crippen molar-refractivity contribution < 1.29 is 51.0 Å². The largest absolute Gasteiger partial charge is 2.00 e. The zero-order valence-electron chi connectivity index (χ0n) is 11.8. The normalized spacial score (nSPS) is 7.37. The summed E-state index contributed by atoms with van der Waals surface area (Å²) in [4.78, 5) is 0. The van der Waals surface area contributed by atoms with Crippen LogP contribution in [-0.4, -0.2) is 0 Å². The molecule has 0 bridgehead atoms. The van der Waals surface area contributed by atoms with Gasteiger partial charge in [0.15, 0.2) is 0 Å². The Morgan fingerprint density at radius 1 is 0.947 bits per heavy atom. The van der Waals surface area contributed by atoms with Gasteiger partial charge >= 0.3 is 26.2 Å². The quantitative estimate of drug-likeness (QED) is 0.521. The first-order valence-corrected chi connectivity index (χ1v) is 5.24. The van der Waals surface area contributed by atoms with E-state index in [1.807, 2.05) is 30.3 Å². The standard InChI is InChI=1S/C9H13.C6H5.2ClH.H2N.Zr/c1-6-5-7(2)9(4)8(6)3;1-2-4-6-5-3-1;;;;/h5H,1-4H3;1-5H;2*1H;1H2;/q2*-1;;;-1;+2/p-2. The molecular formula is C15H20Cl2NZr-3. The van der Waals surface area contributed by atoms with Crippen LogP contribution in [0.3, 0.4) is 0 Å². The molecule has 0 spiro atoms. The van der Waals surface area contributed by atoms with E-state index in [0.29, 0.717) is 0 Å². The van der Waals surface area contributed by atoms with E-state index in [4.69, 9.17) is 0 Å². The molecule has 2 N–H and O–H groups in total. The first-order valence-electron chi connectivity index (χ1n) is 5.24. The van der Waals surface area contributed by atoms with Crippen molar-refractivity contribution >= 4 is 0 Å². The van der Waals surface area contributed by atoms with E-state index in [2.05, 4.69) is 39.8 Å². The molecule has 19 heavy (non-hydrogen) atoms. The van der Waals surface area contributed by atoms with Crippen LogP contribution >= 0.6 is 0 Å². The molecule has 0 saturated heterocycles. The van der Waals surface area contributed by atoms with Crippen LogP contribution < -0.4 is 24.8 Å². The average Bonchev–Trinajstić information content (AvgIpc) is 2.49. The molecule has 0 aliphatic heterocycles. The monoisotopic (exact) mass is 374 g/mol. The maximum absolute atomic E-state index is 2.89. The van der Waals surface area contributed by atoms with E-state index >= 15 is 0 Å². The molecule has 0 fully saturated rings. The number of aryl methyl sites for hydroxylation is 2. The summed E-state index contributed by atoms with van der Waals surface area (Å²) in [5.41, 5.74) is 5.75. The van der Waals surface area contributed by atoms with E-state index in [-0.39, 0.29) is 57.2 Å². The van der Waals surface area contributed by atoms with Gasteiger partial charge in [-0.25, -0.2) is 0 Å². The van der Waals surface area contributed by atoms with Crippen LogP contribution in [0.15, 0.2) is 36.4 Å². The molecule has 2 aromatic rings. The van der Waals surface area contributed by atoms with Crippen LogP contribution in [0.4, 0.5) is 0 Å². The number of hydrogen-bond acceptors (Lipinski definition) is 0. The van der Waals surface area contributed by atoms with Gasteiger partial charge in [-0.3, -0.25) is 0 Å². The van der Waals surface area contributed by atoms with Crippen molar-refractivity contribution in [3.05, 3.63) is 70.9 Å². The zero-order chi connectivity index (χ0) is 11.3. The molecule has 2 rings (SSSR count). The van der Waals surface area contributed by atoms with Gasteiger partial charge in [-0.2, -0.15) is 64.7 Å². The first kappa shape index (κ1) is 27.4. The molecule has 0 radical (unpaired) electrons. The van der Waals surface area contributed by atoms with Crippen molar-refractivity contribution in [2.75, 3.05) is 0 Å². The zero-order valence-corrected chi connectivity index (χ0v) is 15.8. The molecular weight excluding hydrogens is 356 g/mol. The van der Waals surface area contributed by atoms with Gasteiger partial charge in [-0.15, -0.1) is 0 Å². The fraction of sp³-hybridized carbons (Fsp3) is 0.267.